The van der Waals surface area contributed by atoms with Crippen molar-refractivity contribution in [1.82, 2.24) is 0 Å². The van der Waals surface area contributed by atoms with Gasteiger partial charge in [0.15, 0.2) is 0 Å². The molecule has 1 fully saturated rings. The van der Waals surface area contributed by atoms with Crippen LogP contribution in [0.4, 0.5) is 8.78 Å². The van der Waals surface area contributed by atoms with Gasteiger partial charge >= 0.3 is 0 Å². The summed E-state index contributed by atoms with van der Waals surface area (Å²) in [6.45, 7) is 6.48. The molecule has 2 aromatic carbocycles. The molecule has 1 aliphatic carbocycles. The van der Waals surface area contributed by atoms with E-state index in [4.69, 9.17) is 0 Å². The molecule has 1 atom stereocenters. The van der Waals surface area contributed by atoms with Gasteiger partial charge < -0.3 is 0 Å². The Morgan fingerprint density at radius 2 is 1.59 bits per heavy atom. The number of benzene rings is 2. The molecule has 0 radical (unpaired) electrons. The second-order valence-electron chi connectivity index (χ2n) is 8.80. The Labute approximate surface area is 174 Å². The number of halogens is 2. The van der Waals surface area contributed by atoms with Gasteiger partial charge in [-0.25, -0.2) is 8.78 Å². The summed E-state index contributed by atoms with van der Waals surface area (Å²) < 4.78 is 29.1. The fraction of sp³-hybridized carbons (Fsp3) is 0.481. The van der Waals surface area contributed by atoms with Crippen LogP contribution in [-0.2, 0) is 6.42 Å². The van der Waals surface area contributed by atoms with Crippen LogP contribution in [0.3, 0.4) is 0 Å². The normalized spacial score (nSPS) is 20.0. The number of hydrogen-bond acceptors (Lipinski definition) is 0. The van der Waals surface area contributed by atoms with Crippen LogP contribution in [0.1, 0.15) is 74.6 Å². The molecule has 1 unspecified atom stereocenters. The smallest absolute Gasteiger partial charge is 0.142 e. The predicted molar refractivity (Wildman–Crippen MR) is 117 cm³/mol. The first kappa shape index (κ1) is 21.6. The molecule has 3 rings (SSSR count). The Morgan fingerprint density at radius 1 is 0.966 bits per heavy atom. The van der Waals surface area contributed by atoms with Crippen molar-refractivity contribution in [3.63, 3.8) is 0 Å². The van der Waals surface area contributed by atoms with Gasteiger partial charge in [0, 0.05) is 5.56 Å². The first-order valence-electron chi connectivity index (χ1n) is 11.0. The first-order chi connectivity index (χ1) is 14.0. The van der Waals surface area contributed by atoms with Crippen molar-refractivity contribution in [2.75, 3.05) is 0 Å². The van der Waals surface area contributed by atoms with Crippen LogP contribution in [0.5, 0.6) is 0 Å². The lowest BCUT2D eigenvalue weighted by molar-refractivity contribution is 0.206. The zero-order valence-corrected chi connectivity index (χ0v) is 17.9. The zero-order valence-electron chi connectivity index (χ0n) is 17.9. The van der Waals surface area contributed by atoms with Crippen molar-refractivity contribution in [1.29, 1.82) is 0 Å². The minimum absolute atomic E-state index is 0.137. The molecule has 29 heavy (non-hydrogen) atoms. The summed E-state index contributed by atoms with van der Waals surface area (Å²) in [5, 5.41) is 0. The maximum atomic E-state index is 14.6. The minimum Gasteiger partial charge on any atom is -0.206 e. The van der Waals surface area contributed by atoms with Crippen LogP contribution in [0.15, 0.2) is 36.4 Å². The standard InChI is InChI=1S/C27H32F2/c1-4-5-21-10-13-24(14-11-21)20(3)16-23-17-26(28)25(27(29)18-23)15-12-22-8-6-19(2)7-9-22/h6-9,17-18,20-21,24H,4-5,10-11,13-14,16H2,1-3H3. The van der Waals surface area contributed by atoms with Crippen molar-refractivity contribution >= 4 is 0 Å². The molecule has 0 heterocycles. The molecular formula is C27H32F2. The van der Waals surface area contributed by atoms with Gasteiger partial charge in [-0.2, -0.15) is 0 Å². The van der Waals surface area contributed by atoms with E-state index in [1.54, 1.807) is 0 Å². The SMILES string of the molecule is CCCC1CCC(C(C)Cc2cc(F)c(C#Cc3ccc(C)cc3)c(F)c2)CC1. The van der Waals surface area contributed by atoms with Gasteiger partial charge in [0.25, 0.3) is 0 Å². The van der Waals surface area contributed by atoms with E-state index in [9.17, 15) is 8.78 Å². The van der Waals surface area contributed by atoms with Crippen molar-refractivity contribution < 1.29 is 8.78 Å². The molecule has 0 spiro atoms. The molecule has 2 aromatic rings. The lowest BCUT2D eigenvalue weighted by atomic mass is 9.73. The highest BCUT2D eigenvalue weighted by Crippen LogP contribution is 2.36. The molecule has 0 nitrogen and oxygen atoms in total. The van der Waals surface area contributed by atoms with E-state index in [-0.39, 0.29) is 5.56 Å². The molecule has 0 amide bonds. The van der Waals surface area contributed by atoms with Gasteiger partial charge in [0.05, 0.1) is 5.56 Å². The van der Waals surface area contributed by atoms with Gasteiger partial charge in [-0.15, -0.1) is 0 Å². The van der Waals surface area contributed by atoms with Crippen molar-refractivity contribution in [3.8, 4) is 11.8 Å². The third-order valence-electron chi connectivity index (χ3n) is 6.44. The summed E-state index contributed by atoms with van der Waals surface area (Å²) in [5.74, 6) is 6.42. The zero-order chi connectivity index (χ0) is 20.8. The molecular weight excluding hydrogens is 362 g/mol. The second-order valence-corrected chi connectivity index (χ2v) is 8.80. The number of hydrogen-bond donors (Lipinski definition) is 0. The quantitative estimate of drug-likeness (QED) is 0.462. The van der Waals surface area contributed by atoms with Crippen LogP contribution >= 0.6 is 0 Å². The summed E-state index contributed by atoms with van der Waals surface area (Å²) in [6.07, 6.45) is 8.43. The van der Waals surface area contributed by atoms with Crippen molar-refractivity contribution in [2.45, 2.75) is 65.7 Å². The molecule has 0 saturated heterocycles. The lowest BCUT2D eigenvalue weighted by Crippen LogP contribution is -2.21. The molecule has 0 N–H and O–H groups in total. The number of aryl methyl sites for hydroxylation is 1. The highest BCUT2D eigenvalue weighted by Gasteiger charge is 2.25. The fourth-order valence-electron chi connectivity index (χ4n) is 4.63. The van der Waals surface area contributed by atoms with Crippen LogP contribution in [0.25, 0.3) is 0 Å². The first-order valence-corrected chi connectivity index (χ1v) is 11.0. The molecule has 154 valence electrons. The average Bonchev–Trinajstić information content (AvgIpc) is 2.69. The van der Waals surface area contributed by atoms with E-state index in [0.29, 0.717) is 11.8 Å². The van der Waals surface area contributed by atoms with Crippen molar-refractivity contribution in [2.24, 2.45) is 17.8 Å². The Morgan fingerprint density at radius 3 is 2.17 bits per heavy atom. The van der Waals surface area contributed by atoms with Gasteiger partial charge in [-0.05, 0) is 73.8 Å². The van der Waals surface area contributed by atoms with Gasteiger partial charge in [-0.1, -0.05) is 69.1 Å². The number of rotatable bonds is 5. The van der Waals surface area contributed by atoms with E-state index in [1.165, 1.54) is 50.7 Å². The highest BCUT2D eigenvalue weighted by atomic mass is 19.1. The Balaban J connectivity index is 1.65. The summed E-state index contributed by atoms with van der Waals surface area (Å²) in [7, 11) is 0. The van der Waals surface area contributed by atoms with Crippen LogP contribution < -0.4 is 0 Å². The Kier molecular flexibility index (Phi) is 7.48. The minimum atomic E-state index is -0.557. The topological polar surface area (TPSA) is 0 Å². The monoisotopic (exact) mass is 394 g/mol. The van der Waals surface area contributed by atoms with Crippen LogP contribution in [-0.4, -0.2) is 0 Å². The molecule has 0 bridgehead atoms. The van der Waals surface area contributed by atoms with Crippen molar-refractivity contribution in [3.05, 3.63) is 70.3 Å². The largest absolute Gasteiger partial charge is 0.206 e. The Hall–Kier alpha value is -2.14. The van der Waals surface area contributed by atoms with E-state index in [2.05, 4.69) is 25.7 Å². The lowest BCUT2D eigenvalue weighted by Gasteiger charge is -2.32. The molecule has 1 aliphatic rings. The highest BCUT2D eigenvalue weighted by molar-refractivity contribution is 5.45. The average molecular weight is 395 g/mol. The van der Waals surface area contributed by atoms with E-state index < -0.39 is 11.6 Å². The molecule has 2 heteroatoms. The molecule has 1 saturated carbocycles. The maximum absolute atomic E-state index is 14.6. The van der Waals surface area contributed by atoms with E-state index in [0.717, 1.165) is 29.0 Å². The summed E-state index contributed by atoms with van der Waals surface area (Å²) >= 11 is 0. The maximum Gasteiger partial charge on any atom is 0.142 e. The molecule has 0 aromatic heterocycles. The Bertz CT molecular complexity index is 839. The summed E-state index contributed by atoms with van der Waals surface area (Å²) in [5.41, 5.74) is 2.49. The fourth-order valence-corrected chi connectivity index (χ4v) is 4.63. The van der Waals surface area contributed by atoms with Gasteiger partial charge in [0.2, 0.25) is 0 Å². The predicted octanol–water partition coefficient (Wildman–Crippen LogP) is 7.46. The molecule has 0 aliphatic heterocycles. The van der Waals surface area contributed by atoms with E-state index >= 15 is 0 Å². The summed E-state index contributed by atoms with van der Waals surface area (Å²) in [6, 6.07) is 10.6. The summed E-state index contributed by atoms with van der Waals surface area (Å²) in [4.78, 5) is 0. The second kappa shape index (κ2) is 10.1. The van der Waals surface area contributed by atoms with Gasteiger partial charge in [-0.3, -0.25) is 0 Å². The van der Waals surface area contributed by atoms with E-state index in [1.807, 2.05) is 31.2 Å². The van der Waals surface area contributed by atoms with Crippen LogP contribution in [0.2, 0.25) is 0 Å². The van der Waals surface area contributed by atoms with Gasteiger partial charge in [0.1, 0.15) is 11.6 Å². The third kappa shape index (κ3) is 5.92. The van der Waals surface area contributed by atoms with Crippen LogP contribution in [0, 0.1) is 48.2 Å². The third-order valence-corrected chi connectivity index (χ3v) is 6.44.